The van der Waals surface area contributed by atoms with E-state index >= 15 is 0 Å². The third-order valence-electron chi connectivity index (χ3n) is 3.99. The van der Waals surface area contributed by atoms with Crippen molar-refractivity contribution >= 4 is 28.8 Å². The lowest BCUT2D eigenvalue weighted by Crippen LogP contribution is -2.48. The van der Waals surface area contributed by atoms with Crippen molar-refractivity contribution in [1.29, 1.82) is 0 Å². The van der Waals surface area contributed by atoms with Crippen LogP contribution in [-0.2, 0) is 11.3 Å². The summed E-state index contributed by atoms with van der Waals surface area (Å²) in [7, 11) is 0. The molecule has 1 fully saturated rings. The van der Waals surface area contributed by atoms with E-state index in [0.29, 0.717) is 18.9 Å². The Morgan fingerprint density at radius 2 is 2.10 bits per heavy atom. The molecule has 118 valence electrons. The normalized spacial score (nSPS) is 18.0. The molecule has 1 unspecified atom stereocenters. The van der Waals surface area contributed by atoms with Crippen LogP contribution in [0.25, 0.3) is 0 Å². The molecule has 21 heavy (non-hydrogen) atoms. The van der Waals surface area contributed by atoms with Gasteiger partial charge in [0.2, 0.25) is 5.91 Å². The first-order chi connectivity index (χ1) is 10.1. The first kappa shape index (κ1) is 16.7. The van der Waals surface area contributed by atoms with E-state index in [1.165, 1.54) is 4.88 Å². The highest BCUT2D eigenvalue weighted by Gasteiger charge is 2.21. The largest absolute Gasteiger partial charge is 0.340 e. The number of rotatable bonds is 6. The zero-order chi connectivity index (χ0) is 15.2. The Hall–Kier alpha value is -0.620. The van der Waals surface area contributed by atoms with Crippen LogP contribution >= 0.6 is 22.9 Å². The fraction of sp³-hybridized carbons (Fsp3) is 0.667. The van der Waals surface area contributed by atoms with Gasteiger partial charge in [-0.1, -0.05) is 18.5 Å². The van der Waals surface area contributed by atoms with Crippen molar-refractivity contribution in [2.24, 2.45) is 11.7 Å². The molecule has 1 amide bonds. The number of halogens is 1. The van der Waals surface area contributed by atoms with E-state index in [4.69, 9.17) is 17.3 Å². The van der Waals surface area contributed by atoms with Gasteiger partial charge in [-0.2, -0.15) is 0 Å². The van der Waals surface area contributed by atoms with E-state index in [1.54, 1.807) is 11.3 Å². The standard InChI is InChI=1S/C15H24ClN3OS/c1-12(10-17)2-5-15(20)19-8-6-18(7-9-19)11-13-3-4-14(16)21-13/h3-4,12H,2,5-11,17H2,1H3. The average molecular weight is 330 g/mol. The molecule has 1 aliphatic heterocycles. The van der Waals surface area contributed by atoms with Crippen molar-refractivity contribution in [1.82, 2.24) is 9.80 Å². The van der Waals surface area contributed by atoms with Crippen molar-refractivity contribution in [3.63, 3.8) is 0 Å². The smallest absolute Gasteiger partial charge is 0.222 e. The number of nitrogens with zero attached hydrogens (tertiary/aromatic N) is 2. The topological polar surface area (TPSA) is 49.6 Å². The molecule has 1 aromatic rings. The van der Waals surface area contributed by atoms with Crippen LogP contribution in [0.15, 0.2) is 12.1 Å². The van der Waals surface area contributed by atoms with Gasteiger partial charge in [0.15, 0.2) is 0 Å². The zero-order valence-corrected chi connectivity index (χ0v) is 14.1. The van der Waals surface area contributed by atoms with Crippen molar-refractivity contribution < 1.29 is 4.79 Å². The van der Waals surface area contributed by atoms with E-state index in [2.05, 4.69) is 17.9 Å². The first-order valence-electron chi connectivity index (χ1n) is 7.53. The third-order valence-corrected chi connectivity index (χ3v) is 5.20. The minimum absolute atomic E-state index is 0.272. The highest BCUT2D eigenvalue weighted by atomic mass is 35.5. The van der Waals surface area contributed by atoms with Crippen molar-refractivity contribution in [2.75, 3.05) is 32.7 Å². The van der Waals surface area contributed by atoms with Gasteiger partial charge in [0.25, 0.3) is 0 Å². The predicted molar refractivity (Wildman–Crippen MR) is 88.6 cm³/mol. The number of carbonyl (C=O) groups is 1. The second-order valence-electron chi connectivity index (χ2n) is 5.74. The Morgan fingerprint density at radius 3 is 2.67 bits per heavy atom. The summed E-state index contributed by atoms with van der Waals surface area (Å²) in [6, 6.07) is 4.03. The second kappa shape index (κ2) is 8.13. The molecule has 0 aliphatic carbocycles. The van der Waals surface area contributed by atoms with Gasteiger partial charge in [-0.3, -0.25) is 9.69 Å². The fourth-order valence-electron chi connectivity index (χ4n) is 2.46. The maximum atomic E-state index is 12.1. The van der Waals surface area contributed by atoms with Gasteiger partial charge >= 0.3 is 0 Å². The molecule has 4 nitrogen and oxygen atoms in total. The Bertz CT molecular complexity index is 458. The third kappa shape index (κ3) is 5.25. The SMILES string of the molecule is CC(CN)CCC(=O)N1CCN(Cc2ccc(Cl)s2)CC1. The average Bonchev–Trinajstić information content (AvgIpc) is 2.90. The van der Waals surface area contributed by atoms with Crippen molar-refractivity contribution in [2.45, 2.75) is 26.3 Å². The lowest BCUT2D eigenvalue weighted by molar-refractivity contribution is -0.133. The molecule has 0 bridgehead atoms. The highest BCUT2D eigenvalue weighted by molar-refractivity contribution is 7.16. The van der Waals surface area contributed by atoms with E-state index < -0.39 is 0 Å². The monoisotopic (exact) mass is 329 g/mol. The van der Waals surface area contributed by atoms with Crippen molar-refractivity contribution in [3.8, 4) is 0 Å². The Labute approximate surface area is 135 Å². The van der Waals surface area contributed by atoms with Gasteiger partial charge in [0.05, 0.1) is 4.34 Å². The van der Waals surface area contributed by atoms with Crippen LogP contribution in [0.2, 0.25) is 4.34 Å². The van der Waals surface area contributed by atoms with Crippen molar-refractivity contribution in [3.05, 3.63) is 21.3 Å². The summed E-state index contributed by atoms with van der Waals surface area (Å²) in [5.41, 5.74) is 5.59. The quantitative estimate of drug-likeness (QED) is 0.872. The molecule has 1 aliphatic rings. The molecule has 0 radical (unpaired) electrons. The lowest BCUT2D eigenvalue weighted by Gasteiger charge is -2.34. The Morgan fingerprint density at radius 1 is 1.38 bits per heavy atom. The van der Waals surface area contributed by atoms with E-state index in [1.807, 2.05) is 11.0 Å². The molecule has 0 aromatic carbocycles. The lowest BCUT2D eigenvalue weighted by atomic mass is 10.1. The summed E-state index contributed by atoms with van der Waals surface area (Å²) >= 11 is 7.59. The molecule has 0 spiro atoms. The van der Waals surface area contributed by atoms with Gasteiger partial charge in [-0.05, 0) is 31.0 Å². The molecule has 0 saturated carbocycles. The molecule has 2 N–H and O–H groups in total. The molecule has 1 saturated heterocycles. The number of amides is 1. The molecular weight excluding hydrogens is 306 g/mol. The molecular formula is C15H24ClN3OS. The minimum Gasteiger partial charge on any atom is -0.340 e. The van der Waals surface area contributed by atoms with E-state index in [0.717, 1.165) is 43.5 Å². The second-order valence-corrected chi connectivity index (χ2v) is 7.54. The number of nitrogens with two attached hydrogens (primary N) is 1. The van der Waals surface area contributed by atoms with Crippen LogP contribution in [0.5, 0.6) is 0 Å². The molecule has 1 atom stereocenters. The zero-order valence-electron chi connectivity index (χ0n) is 12.6. The summed E-state index contributed by atoms with van der Waals surface area (Å²) in [5.74, 6) is 0.702. The van der Waals surface area contributed by atoms with E-state index in [9.17, 15) is 4.79 Å². The van der Waals surface area contributed by atoms with Crippen LogP contribution in [0, 0.1) is 5.92 Å². The number of hydrogen-bond acceptors (Lipinski definition) is 4. The summed E-state index contributed by atoms with van der Waals surface area (Å²) in [5, 5.41) is 0. The van der Waals surface area contributed by atoms with Gasteiger partial charge in [-0.15, -0.1) is 11.3 Å². The van der Waals surface area contributed by atoms with Gasteiger partial charge < -0.3 is 10.6 Å². The number of carbonyl (C=O) groups excluding carboxylic acids is 1. The van der Waals surface area contributed by atoms with Gasteiger partial charge in [-0.25, -0.2) is 0 Å². The van der Waals surface area contributed by atoms with Crippen LogP contribution in [0.3, 0.4) is 0 Å². The maximum absolute atomic E-state index is 12.1. The van der Waals surface area contributed by atoms with Gasteiger partial charge in [0, 0.05) is 44.0 Å². The molecule has 1 aromatic heterocycles. The highest BCUT2D eigenvalue weighted by Crippen LogP contribution is 2.23. The van der Waals surface area contributed by atoms with Crippen LogP contribution in [0.1, 0.15) is 24.6 Å². The molecule has 2 rings (SSSR count). The molecule has 2 heterocycles. The maximum Gasteiger partial charge on any atom is 0.222 e. The minimum atomic E-state index is 0.272. The predicted octanol–water partition coefficient (Wildman–Crippen LogP) is 2.42. The number of piperazine rings is 1. The summed E-state index contributed by atoms with van der Waals surface area (Å²) in [4.78, 5) is 17.8. The van der Waals surface area contributed by atoms with Crippen LogP contribution in [-0.4, -0.2) is 48.4 Å². The Balaban J connectivity index is 1.71. The van der Waals surface area contributed by atoms with Gasteiger partial charge in [0.1, 0.15) is 0 Å². The van der Waals surface area contributed by atoms with Crippen LogP contribution < -0.4 is 5.73 Å². The number of hydrogen-bond donors (Lipinski definition) is 1. The van der Waals surface area contributed by atoms with E-state index in [-0.39, 0.29) is 5.91 Å². The summed E-state index contributed by atoms with van der Waals surface area (Å²) in [6.07, 6.45) is 1.52. The Kier molecular flexibility index (Phi) is 6.48. The number of thiophene rings is 1. The first-order valence-corrected chi connectivity index (χ1v) is 8.72. The molecule has 6 heteroatoms. The summed E-state index contributed by atoms with van der Waals surface area (Å²) < 4.78 is 0.841. The fourth-order valence-corrected chi connectivity index (χ4v) is 3.59. The van der Waals surface area contributed by atoms with Crippen LogP contribution in [0.4, 0.5) is 0 Å². The summed E-state index contributed by atoms with van der Waals surface area (Å²) in [6.45, 7) is 7.22.